The van der Waals surface area contributed by atoms with E-state index in [1.54, 1.807) is 0 Å². The lowest BCUT2D eigenvalue weighted by atomic mass is 9.99. The van der Waals surface area contributed by atoms with Crippen molar-refractivity contribution in [3.8, 4) is 29.0 Å². The lowest BCUT2D eigenvalue weighted by Gasteiger charge is -2.08. The fourth-order valence-electron chi connectivity index (χ4n) is 4.09. The molecule has 0 saturated heterocycles. The van der Waals surface area contributed by atoms with Crippen molar-refractivity contribution in [2.75, 3.05) is 7.11 Å². The Labute approximate surface area is 240 Å². The summed E-state index contributed by atoms with van der Waals surface area (Å²) in [6.07, 6.45) is -8.98. The van der Waals surface area contributed by atoms with E-state index in [9.17, 15) is 36.2 Å². The number of alkyl halides is 6. The van der Waals surface area contributed by atoms with Gasteiger partial charge in [-0.2, -0.15) is 36.9 Å². The van der Waals surface area contributed by atoms with Gasteiger partial charge >= 0.3 is 18.3 Å². The van der Waals surface area contributed by atoms with E-state index in [0.717, 1.165) is 19.2 Å². The molecule has 0 fully saturated rings. The van der Waals surface area contributed by atoms with E-state index in [-0.39, 0.29) is 27.8 Å². The zero-order valence-corrected chi connectivity index (χ0v) is 22.6. The molecule has 0 amide bonds. The standard InChI is InChI=1S/C18H11F3N2O3.C10H4BrF3N2/c1-26-17(25)12-3-2-10(6-14(12)24)13-5-9(8-22)4-11-7-15(18(19,20)21)23-16(11)13;11-7-2-5(4-15)1-6-3-8(10(12,13)14)16-9(6)7/h2-7,23-24H,1H3;1-3,16H. The lowest BCUT2D eigenvalue weighted by molar-refractivity contribution is -0.141. The number of hydrogen-bond donors (Lipinski definition) is 3. The third-order valence-electron chi connectivity index (χ3n) is 5.99. The van der Waals surface area contributed by atoms with Crippen molar-refractivity contribution in [3.05, 3.63) is 87.1 Å². The van der Waals surface area contributed by atoms with Gasteiger partial charge in [0.25, 0.3) is 0 Å². The third-order valence-corrected chi connectivity index (χ3v) is 6.62. The summed E-state index contributed by atoms with van der Waals surface area (Å²) < 4.78 is 81.3. The van der Waals surface area contributed by atoms with Crippen LogP contribution in [0.15, 0.2) is 59.1 Å². The molecule has 0 aliphatic carbocycles. The molecule has 0 aliphatic rings. The molecule has 5 rings (SSSR count). The van der Waals surface area contributed by atoms with Crippen LogP contribution in [-0.4, -0.2) is 28.2 Å². The van der Waals surface area contributed by atoms with Gasteiger partial charge in [-0.05, 0) is 70.0 Å². The molecule has 214 valence electrons. The summed E-state index contributed by atoms with van der Waals surface area (Å²) in [6.45, 7) is 0. The molecule has 2 heterocycles. The minimum absolute atomic E-state index is 0.0774. The Morgan fingerprint density at radius 2 is 1.36 bits per heavy atom. The van der Waals surface area contributed by atoms with E-state index in [1.165, 1.54) is 42.5 Å². The molecule has 5 aromatic rings. The number of fused-ring (bicyclic) bond motifs is 2. The average Bonchev–Trinajstić information content (AvgIpc) is 3.57. The number of H-pyrrole nitrogens is 2. The predicted molar refractivity (Wildman–Crippen MR) is 142 cm³/mol. The summed E-state index contributed by atoms with van der Waals surface area (Å²) in [7, 11) is 1.16. The highest BCUT2D eigenvalue weighted by atomic mass is 79.9. The van der Waals surface area contributed by atoms with Crippen LogP contribution in [0.4, 0.5) is 26.3 Å². The summed E-state index contributed by atoms with van der Waals surface area (Å²) in [5.74, 6) is -1.13. The van der Waals surface area contributed by atoms with Gasteiger partial charge in [-0.1, -0.05) is 6.07 Å². The molecule has 0 aliphatic heterocycles. The number of hydrogen-bond acceptors (Lipinski definition) is 5. The maximum Gasteiger partial charge on any atom is 0.431 e. The van der Waals surface area contributed by atoms with Crippen LogP contribution in [0.25, 0.3) is 32.9 Å². The second-order valence-corrected chi connectivity index (χ2v) is 9.57. The first-order valence-electron chi connectivity index (χ1n) is 11.5. The molecule has 0 unspecified atom stereocenters. The number of nitriles is 2. The maximum atomic E-state index is 13.0. The summed E-state index contributed by atoms with van der Waals surface area (Å²) in [5.41, 5.74) is -0.227. The summed E-state index contributed by atoms with van der Waals surface area (Å²) in [5, 5.41) is 28.4. The zero-order chi connectivity index (χ0) is 31.0. The van der Waals surface area contributed by atoms with E-state index in [4.69, 9.17) is 10.5 Å². The Morgan fingerprint density at radius 1 is 0.833 bits per heavy atom. The monoisotopic (exact) mass is 648 g/mol. The molecule has 0 bridgehead atoms. The van der Waals surface area contributed by atoms with E-state index in [2.05, 4.69) is 30.6 Å². The number of esters is 1. The number of aromatic hydroxyl groups is 1. The number of aromatic amines is 2. The fraction of sp³-hybridized carbons (Fsp3) is 0.107. The van der Waals surface area contributed by atoms with Gasteiger partial charge < -0.3 is 19.8 Å². The van der Waals surface area contributed by atoms with E-state index in [1.807, 2.05) is 12.1 Å². The first-order chi connectivity index (χ1) is 19.7. The normalized spacial score (nSPS) is 11.5. The highest BCUT2D eigenvalue weighted by Crippen LogP contribution is 2.37. The quantitative estimate of drug-likeness (QED) is 0.132. The van der Waals surface area contributed by atoms with Gasteiger partial charge in [-0.3, -0.25) is 0 Å². The van der Waals surface area contributed by atoms with Crippen molar-refractivity contribution < 1.29 is 41.0 Å². The van der Waals surface area contributed by atoms with Gasteiger partial charge in [0, 0.05) is 20.8 Å². The fourth-order valence-corrected chi connectivity index (χ4v) is 4.66. The minimum atomic E-state index is -4.57. The van der Waals surface area contributed by atoms with E-state index < -0.39 is 29.7 Å². The molecule has 42 heavy (non-hydrogen) atoms. The first kappa shape index (κ1) is 30.0. The molecule has 0 saturated carbocycles. The number of ether oxygens (including phenoxy) is 1. The topological polar surface area (TPSA) is 126 Å². The van der Waals surface area contributed by atoms with Crippen molar-refractivity contribution in [1.82, 2.24) is 9.97 Å². The summed E-state index contributed by atoms with van der Waals surface area (Å²) >= 11 is 3.12. The number of phenolic OH excluding ortho intramolecular Hbond substituents is 1. The average molecular weight is 649 g/mol. The van der Waals surface area contributed by atoms with E-state index in [0.29, 0.717) is 32.1 Å². The van der Waals surface area contributed by atoms with Crippen LogP contribution in [0, 0.1) is 22.7 Å². The number of carbonyl (C=O) groups excluding carboxylic acids is 1. The van der Waals surface area contributed by atoms with Gasteiger partial charge in [-0.25, -0.2) is 4.79 Å². The highest BCUT2D eigenvalue weighted by Gasteiger charge is 2.34. The zero-order valence-electron chi connectivity index (χ0n) is 21.0. The van der Waals surface area contributed by atoms with Crippen LogP contribution >= 0.6 is 15.9 Å². The number of nitrogens with one attached hydrogen (secondary N) is 2. The minimum Gasteiger partial charge on any atom is -0.507 e. The lowest BCUT2D eigenvalue weighted by Crippen LogP contribution is -2.04. The van der Waals surface area contributed by atoms with Crippen LogP contribution in [0.3, 0.4) is 0 Å². The maximum absolute atomic E-state index is 13.0. The van der Waals surface area contributed by atoms with Gasteiger partial charge in [0.15, 0.2) is 0 Å². The molecular weight excluding hydrogens is 634 g/mol. The van der Waals surface area contributed by atoms with Gasteiger partial charge in [0.1, 0.15) is 22.7 Å². The Morgan fingerprint density at radius 3 is 1.86 bits per heavy atom. The van der Waals surface area contributed by atoms with Gasteiger partial charge in [0.2, 0.25) is 0 Å². The van der Waals surface area contributed by atoms with Gasteiger partial charge in [0.05, 0.1) is 41.4 Å². The van der Waals surface area contributed by atoms with E-state index >= 15 is 0 Å². The number of carbonyl (C=O) groups is 1. The Bertz CT molecular complexity index is 1930. The number of benzene rings is 3. The molecule has 0 radical (unpaired) electrons. The summed E-state index contributed by atoms with van der Waals surface area (Å²) in [6, 6.07) is 15.3. The second kappa shape index (κ2) is 11.1. The first-order valence-corrected chi connectivity index (χ1v) is 12.3. The number of nitrogens with zero attached hydrogens (tertiary/aromatic N) is 2. The summed E-state index contributed by atoms with van der Waals surface area (Å²) in [4.78, 5) is 16.1. The number of methoxy groups -OCH3 is 1. The molecular formula is C28H15BrF6N4O3. The Balaban J connectivity index is 0.000000216. The smallest absolute Gasteiger partial charge is 0.431 e. The van der Waals surface area contributed by atoms with Crippen molar-refractivity contribution in [1.29, 1.82) is 10.5 Å². The molecule has 0 atom stereocenters. The molecule has 2 aromatic heterocycles. The second-order valence-electron chi connectivity index (χ2n) is 8.72. The molecule has 3 aromatic carbocycles. The molecule has 0 spiro atoms. The Kier molecular flexibility index (Phi) is 7.96. The van der Waals surface area contributed by atoms with Crippen molar-refractivity contribution in [2.45, 2.75) is 12.4 Å². The van der Waals surface area contributed by atoms with Crippen LogP contribution in [0.1, 0.15) is 32.9 Å². The largest absolute Gasteiger partial charge is 0.507 e. The molecule has 7 nitrogen and oxygen atoms in total. The highest BCUT2D eigenvalue weighted by molar-refractivity contribution is 9.10. The van der Waals surface area contributed by atoms with Crippen LogP contribution in [-0.2, 0) is 17.1 Å². The van der Waals surface area contributed by atoms with Crippen molar-refractivity contribution >= 4 is 43.7 Å². The van der Waals surface area contributed by atoms with Crippen LogP contribution in [0.5, 0.6) is 5.75 Å². The predicted octanol–water partition coefficient (Wildman–Crippen LogP) is 8.04. The molecule has 14 heteroatoms. The number of phenols is 1. The number of aromatic nitrogens is 2. The SMILES string of the molecule is COC(=O)c1ccc(-c2cc(C#N)cc3cc(C(F)(F)F)[nH]c23)cc1O.N#Cc1cc(Br)c2[nH]c(C(F)(F)F)cc2c1. The Hall–Kier alpha value is -4.95. The van der Waals surface area contributed by atoms with Gasteiger partial charge in [-0.15, -0.1) is 0 Å². The number of halogens is 7. The van der Waals surface area contributed by atoms with Crippen molar-refractivity contribution in [2.24, 2.45) is 0 Å². The van der Waals surface area contributed by atoms with Crippen molar-refractivity contribution in [3.63, 3.8) is 0 Å². The molecule has 3 N–H and O–H groups in total. The third kappa shape index (κ3) is 6.04. The van der Waals surface area contributed by atoms with Crippen LogP contribution in [0.2, 0.25) is 0 Å². The van der Waals surface area contributed by atoms with Crippen LogP contribution < -0.4 is 0 Å². The number of rotatable bonds is 2.